The van der Waals surface area contributed by atoms with E-state index >= 15 is 0 Å². The zero-order valence-electron chi connectivity index (χ0n) is 13.6. The molecule has 0 spiro atoms. The number of hydrogen-bond acceptors (Lipinski definition) is 4. The lowest BCUT2D eigenvalue weighted by molar-refractivity contribution is 0.173. The van der Waals surface area contributed by atoms with E-state index in [-0.39, 0.29) is 12.1 Å². The van der Waals surface area contributed by atoms with Crippen LogP contribution in [0.1, 0.15) is 12.5 Å². The van der Waals surface area contributed by atoms with Crippen molar-refractivity contribution < 1.29 is 14.3 Å². The molecule has 0 aliphatic carbocycles. The lowest BCUT2D eigenvalue weighted by atomic mass is 10.2. The quantitative estimate of drug-likeness (QED) is 0.851. The molecule has 6 nitrogen and oxygen atoms in total. The first kappa shape index (κ1) is 17.3. The minimum atomic E-state index is -0.303. The predicted molar refractivity (Wildman–Crippen MR) is 91.2 cm³/mol. The Morgan fingerprint density at radius 2 is 1.92 bits per heavy atom. The van der Waals surface area contributed by atoms with Crippen LogP contribution in [0.2, 0.25) is 0 Å². The maximum atomic E-state index is 11.8. The molecule has 24 heavy (non-hydrogen) atoms. The van der Waals surface area contributed by atoms with Crippen molar-refractivity contribution in [3.8, 4) is 17.6 Å². The number of methoxy groups -OCH3 is 1. The van der Waals surface area contributed by atoms with Crippen molar-refractivity contribution in [2.45, 2.75) is 13.0 Å². The third-order valence-electron chi connectivity index (χ3n) is 3.14. The molecule has 1 atom stereocenters. The highest BCUT2D eigenvalue weighted by molar-refractivity contribution is 5.89. The van der Waals surface area contributed by atoms with Gasteiger partial charge < -0.3 is 20.1 Å². The number of rotatable bonds is 6. The number of urea groups is 1. The third kappa shape index (κ3) is 5.00. The normalized spacial score (nSPS) is 11.2. The lowest BCUT2D eigenvalue weighted by Crippen LogP contribution is -2.38. The van der Waals surface area contributed by atoms with Gasteiger partial charge in [-0.15, -0.1) is 0 Å². The summed E-state index contributed by atoms with van der Waals surface area (Å²) in [7, 11) is 1.58. The average Bonchev–Trinajstić information content (AvgIpc) is 2.57. The largest absolute Gasteiger partial charge is 0.456 e. The molecule has 2 rings (SSSR count). The number of para-hydroxylation sites is 1. The van der Waals surface area contributed by atoms with Crippen LogP contribution >= 0.6 is 0 Å². The molecule has 0 aliphatic heterocycles. The summed E-state index contributed by atoms with van der Waals surface area (Å²) in [4.78, 5) is 11.8. The van der Waals surface area contributed by atoms with Gasteiger partial charge in [-0.2, -0.15) is 5.26 Å². The van der Waals surface area contributed by atoms with E-state index in [1.165, 1.54) is 0 Å². The second-order valence-corrected chi connectivity index (χ2v) is 5.19. The van der Waals surface area contributed by atoms with Crippen molar-refractivity contribution >= 4 is 11.7 Å². The van der Waals surface area contributed by atoms with Gasteiger partial charge in [0.15, 0.2) is 0 Å². The van der Waals surface area contributed by atoms with Gasteiger partial charge in [-0.1, -0.05) is 12.1 Å². The molecule has 0 saturated heterocycles. The summed E-state index contributed by atoms with van der Waals surface area (Å²) in [6, 6.07) is 15.6. The van der Waals surface area contributed by atoms with Crippen LogP contribution in [-0.2, 0) is 4.74 Å². The Labute approximate surface area is 141 Å². The number of amides is 2. The molecule has 0 radical (unpaired) electrons. The molecule has 2 amide bonds. The molecule has 2 aromatic rings. The van der Waals surface area contributed by atoms with Crippen molar-refractivity contribution in [1.29, 1.82) is 5.26 Å². The SMILES string of the molecule is COCC(C)NC(=O)Nc1ccc(Oc2ccccc2C#N)cc1. The third-order valence-corrected chi connectivity index (χ3v) is 3.14. The molecular weight excluding hydrogens is 306 g/mol. The summed E-state index contributed by atoms with van der Waals surface area (Å²) < 4.78 is 10.7. The summed E-state index contributed by atoms with van der Waals surface area (Å²) in [6.07, 6.45) is 0. The molecule has 0 aliphatic rings. The first-order chi connectivity index (χ1) is 11.6. The number of ether oxygens (including phenoxy) is 2. The van der Waals surface area contributed by atoms with Crippen molar-refractivity contribution in [3.05, 3.63) is 54.1 Å². The Morgan fingerprint density at radius 1 is 1.21 bits per heavy atom. The van der Waals surface area contributed by atoms with Gasteiger partial charge in [-0.3, -0.25) is 0 Å². The maximum Gasteiger partial charge on any atom is 0.319 e. The Morgan fingerprint density at radius 3 is 2.58 bits per heavy atom. The fourth-order valence-electron chi connectivity index (χ4n) is 2.06. The molecule has 0 fully saturated rings. The second-order valence-electron chi connectivity index (χ2n) is 5.19. The van der Waals surface area contributed by atoms with Gasteiger partial charge >= 0.3 is 6.03 Å². The van der Waals surface area contributed by atoms with Gasteiger partial charge in [-0.05, 0) is 43.3 Å². The summed E-state index contributed by atoms with van der Waals surface area (Å²) in [5, 5.41) is 14.5. The molecule has 6 heteroatoms. The zero-order chi connectivity index (χ0) is 17.4. The smallest absolute Gasteiger partial charge is 0.319 e. The molecular formula is C18H19N3O3. The van der Waals surface area contributed by atoms with Gasteiger partial charge in [0.05, 0.1) is 18.2 Å². The molecule has 0 bridgehead atoms. The van der Waals surface area contributed by atoms with Crippen LogP contribution in [0.25, 0.3) is 0 Å². The van der Waals surface area contributed by atoms with E-state index in [4.69, 9.17) is 14.7 Å². The van der Waals surface area contributed by atoms with E-state index in [9.17, 15) is 4.79 Å². The average molecular weight is 325 g/mol. The van der Waals surface area contributed by atoms with Crippen molar-refractivity contribution in [2.24, 2.45) is 0 Å². The van der Waals surface area contributed by atoms with Crippen molar-refractivity contribution in [2.75, 3.05) is 19.0 Å². The van der Waals surface area contributed by atoms with Crippen LogP contribution in [0.3, 0.4) is 0 Å². The van der Waals surface area contributed by atoms with E-state index in [2.05, 4.69) is 16.7 Å². The van der Waals surface area contributed by atoms with Gasteiger partial charge in [0.25, 0.3) is 0 Å². The second kappa shape index (κ2) is 8.56. The summed E-state index contributed by atoms with van der Waals surface area (Å²) >= 11 is 0. The number of hydrogen-bond donors (Lipinski definition) is 2. The fraction of sp³-hybridized carbons (Fsp3) is 0.222. The van der Waals surface area contributed by atoms with Crippen LogP contribution in [-0.4, -0.2) is 25.8 Å². The van der Waals surface area contributed by atoms with E-state index in [0.717, 1.165) is 0 Å². The van der Waals surface area contributed by atoms with Crippen molar-refractivity contribution in [1.82, 2.24) is 5.32 Å². The highest BCUT2D eigenvalue weighted by Gasteiger charge is 2.07. The first-order valence-electron chi connectivity index (χ1n) is 7.46. The van der Waals surface area contributed by atoms with Crippen LogP contribution < -0.4 is 15.4 Å². The van der Waals surface area contributed by atoms with Crippen molar-refractivity contribution in [3.63, 3.8) is 0 Å². The fourth-order valence-corrected chi connectivity index (χ4v) is 2.06. The highest BCUT2D eigenvalue weighted by Crippen LogP contribution is 2.25. The van der Waals surface area contributed by atoms with E-state index in [0.29, 0.717) is 29.4 Å². The number of carbonyl (C=O) groups is 1. The Bertz CT molecular complexity index is 723. The number of carbonyl (C=O) groups excluding carboxylic acids is 1. The predicted octanol–water partition coefficient (Wildman–Crippen LogP) is 3.51. The standard InChI is InChI=1S/C18H19N3O3/c1-13(12-23-2)20-18(22)21-15-7-9-16(10-8-15)24-17-6-4-3-5-14(17)11-19/h3-10,13H,12H2,1-2H3,(H2,20,21,22). The van der Waals surface area contributed by atoms with Crippen LogP contribution in [0, 0.1) is 11.3 Å². The Hall–Kier alpha value is -3.04. The summed E-state index contributed by atoms with van der Waals surface area (Å²) in [5.74, 6) is 1.07. The topological polar surface area (TPSA) is 83.4 Å². The van der Waals surface area contributed by atoms with Gasteiger partial charge in [0.2, 0.25) is 0 Å². The molecule has 2 N–H and O–H groups in total. The monoisotopic (exact) mass is 325 g/mol. The lowest BCUT2D eigenvalue weighted by Gasteiger charge is -2.14. The zero-order valence-corrected chi connectivity index (χ0v) is 13.6. The Kier molecular flexibility index (Phi) is 6.17. The molecule has 2 aromatic carbocycles. The molecule has 1 unspecified atom stereocenters. The number of nitriles is 1. The number of benzene rings is 2. The minimum absolute atomic E-state index is 0.0833. The van der Waals surface area contributed by atoms with E-state index < -0.39 is 0 Å². The number of anilines is 1. The van der Waals surface area contributed by atoms with Gasteiger partial charge in [0, 0.05) is 12.8 Å². The molecule has 124 valence electrons. The van der Waals surface area contributed by atoms with Crippen LogP contribution in [0.4, 0.5) is 10.5 Å². The molecule has 0 saturated carbocycles. The van der Waals surface area contributed by atoms with E-state index in [1.807, 2.05) is 6.92 Å². The van der Waals surface area contributed by atoms with Crippen LogP contribution in [0.15, 0.2) is 48.5 Å². The van der Waals surface area contributed by atoms with Crippen LogP contribution in [0.5, 0.6) is 11.5 Å². The van der Waals surface area contributed by atoms with Gasteiger partial charge in [0.1, 0.15) is 17.6 Å². The number of nitrogens with zero attached hydrogens (tertiary/aromatic N) is 1. The number of nitrogens with one attached hydrogen (secondary N) is 2. The minimum Gasteiger partial charge on any atom is -0.456 e. The van der Waals surface area contributed by atoms with Gasteiger partial charge in [-0.25, -0.2) is 4.79 Å². The molecule has 0 heterocycles. The van der Waals surface area contributed by atoms with E-state index in [1.54, 1.807) is 55.6 Å². The summed E-state index contributed by atoms with van der Waals surface area (Å²) in [6.45, 7) is 2.30. The highest BCUT2D eigenvalue weighted by atomic mass is 16.5. The first-order valence-corrected chi connectivity index (χ1v) is 7.46. The summed E-state index contributed by atoms with van der Waals surface area (Å²) in [5.41, 5.74) is 1.10. The Balaban J connectivity index is 1.96. The molecule has 0 aromatic heterocycles. The maximum absolute atomic E-state index is 11.8.